The molecule has 0 amide bonds. The molecule has 0 bridgehead atoms. The van der Waals surface area contributed by atoms with Crippen molar-refractivity contribution in [2.24, 2.45) is 0 Å². The summed E-state index contributed by atoms with van der Waals surface area (Å²) in [5, 5.41) is 1.54. The number of anilines is 1. The van der Waals surface area contributed by atoms with Crippen molar-refractivity contribution in [2.45, 2.75) is 46.5 Å². The monoisotopic (exact) mass is 385 g/mol. The Hall–Kier alpha value is -1.65. The molecular weight excluding hydrogens is 362 g/mol. The summed E-state index contributed by atoms with van der Waals surface area (Å²) in [5.74, 6) is 1.02. The number of nitrogens with zero attached hydrogens (tertiary/aromatic N) is 3. The number of hydrogen-bond donors (Lipinski definition) is 0. The number of piperidine rings is 1. The van der Waals surface area contributed by atoms with Crippen molar-refractivity contribution >= 4 is 39.0 Å². The van der Waals surface area contributed by atoms with Crippen molar-refractivity contribution in [3.63, 3.8) is 0 Å². The first-order valence-corrected chi connectivity index (χ1v) is 10.6. The Morgan fingerprint density at radius 3 is 2.54 bits per heavy atom. The molecule has 0 atom stereocenters. The van der Waals surface area contributed by atoms with Crippen molar-refractivity contribution in [1.82, 2.24) is 9.97 Å². The molecule has 2 aromatic heterocycles. The molecule has 3 nitrogen and oxygen atoms in total. The predicted molar refractivity (Wildman–Crippen MR) is 113 cm³/mol. The molecule has 3 heterocycles. The van der Waals surface area contributed by atoms with Gasteiger partial charge in [-0.05, 0) is 67.8 Å². The highest BCUT2D eigenvalue weighted by Gasteiger charge is 2.23. The summed E-state index contributed by atoms with van der Waals surface area (Å²) in [7, 11) is 0. The third-order valence-corrected chi connectivity index (χ3v) is 6.75. The molecule has 0 spiro atoms. The van der Waals surface area contributed by atoms with Crippen LogP contribution in [0.15, 0.2) is 18.2 Å². The van der Waals surface area contributed by atoms with E-state index in [4.69, 9.17) is 11.6 Å². The zero-order chi connectivity index (χ0) is 18.3. The second kappa shape index (κ2) is 7.16. The number of halogens is 1. The molecule has 1 fully saturated rings. The molecule has 1 aliphatic rings. The van der Waals surface area contributed by atoms with Crippen molar-refractivity contribution < 1.29 is 0 Å². The SMILES string of the molecule is CCc1sc2nc(Cl)nc(N3CCCCC3)c2c1-c1ccc(C)c(C)c1. The Morgan fingerprint density at radius 2 is 1.85 bits per heavy atom. The molecule has 0 N–H and O–H groups in total. The van der Waals surface area contributed by atoms with Crippen LogP contribution in [0.5, 0.6) is 0 Å². The van der Waals surface area contributed by atoms with Gasteiger partial charge in [0.1, 0.15) is 10.6 Å². The largest absolute Gasteiger partial charge is 0.356 e. The minimum atomic E-state index is 0.355. The van der Waals surface area contributed by atoms with E-state index < -0.39 is 0 Å². The van der Waals surface area contributed by atoms with E-state index in [-0.39, 0.29) is 0 Å². The second-order valence-corrected chi connectivity index (χ2v) is 8.52. The molecule has 0 saturated carbocycles. The Bertz CT molecular complexity index is 958. The zero-order valence-corrected chi connectivity index (χ0v) is 17.2. The van der Waals surface area contributed by atoms with Crippen LogP contribution in [0.4, 0.5) is 5.82 Å². The highest BCUT2D eigenvalue weighted by molar-refractivity contribution is 7.19. The molecular formula is C21H24ClN3S. The summed E-state index contributed by atoms with van der Waals surface area (Å²) in [5.41, 5.74) is 5.20. The molecule has 1 aromatic carbocycles. The second-order valence-electron chi connectivity index (χ2n) is 7.10. The van der Waals surface area contributed by atoms with Crippen LogP contribution in [0.2, 0.25) is 5.28 Å². The van der Waals surface area contributed by atoms with Gasteiger partial charge in [-0.1, -0.05) is 25.1 Å². The van der Waals surface area contributed by atoms with Gasteiger partial charge < -0.3 is 4.90 Å². The van der Waals surface area contributed by atoms with Gasteiger partial charge in [0.25, 0.3) is 0 Å². The number of fused-ring (bicyclic) bond motifs is 1. The van der Waals surface area contributed by atoms with E-state index in [1.165, 1.54) is 51.8 Å². The summed E-state index contributed by atoms with van der Waals surface area (Å²) in [4.78, 5) is 14.0. The van der Waals surface area contributed by atoms with Gasteiger partial charge in [-0.25, -0.2) is 4.98 Å². The van der Waals surface area contributed by atoms with Crippen LogP contribution in [0, 0.1) is 13.8 Å². The lowest BCUT2D eigenvalue weighted by molar-refractivity contribution is 0.574. The molecule has 136 valence electrons. The van der Waals surface area contributed by atoms with Crippen LogP contribution in [-0.4, -0.2) is 23.1 Å². The topological polar surface area (TPSA) is 29.0 Å². The van der Waals surface area contributed by atoms with Gasteiger partial charge in [0.2, 0.25) is 5.28 Å². The average Bonchev–Trinajstić information content (AvgIpc) is 3.02. The van der Waals surface area contributed by atoms with E-state index in [9.17, 15) is 0 Å². The Kier molecular flexibility index (Phi) is 4.89. The fraction of sp³-hybridized carbons (Fsp3) is 0.429. The predicted octanol–water partition coefficient (Wildman–Crippen LogP) is 6.18. The minimum absolute atomic E-state index is 0.355. The Morgan fingerprint density at radius 1 is 1.08 bits per heavy atom. The standard InChI is InChI=1S/C21H24ClN3S/c1-4-16-17(15-9-8-13(2)14(3)12-15)18-19(25-10-6-5-7-11-25)23-21(22)24-20(18)26-16/h8-9,12H,4-7,10-11H2,1-3H3. The summed E-state index contributed by atoms with van der Waals surface area (Å²) < 4.78 is 0. The minimum Gasteiger partial charge on any atom is -0.356 e. The number of aryl methyl sites for hydroxylation is 3. The van der Waals surface area contributed by atoms with E-state index in [1.807, 2.05) is 0 Å². The molecule has 4 rings (SSSR count). The van der Waals surface area contributed by atoms with Crippen LogP contribution in [0.3, 0.4) is 0 Å². The van der Waals surface area contributed by atoms with Crippen LogP contribution >= 0.6 is 22.9 Å². The van der Waals surface area contributed by atoms with Crippen molar-refractivity contribution in [1.29, 1.82) is 0 Å². The molecule has 3 aromatic rings. The van der Waals surface area contributed by atoms with Crippen LogP contribution in [-0.2, 0) is 6.42 Å². The normalized spacial score (nSPS) is 15.0. The number of thiophene rings is 1. The highest BCUT2D eigenvalue weighted by Crippen LogP contribution is 2.43. The lowest BCUT2D eigenvalue weighted by atomic mass is 9.97. The molecule has 0 unspecified atom stereocenters. The van der Waals surface area contributed by atoms with Gasteiger partial charge in [-0.2, -0.15) is 4.98 Å². The summed E-state index contributed by atoms with van der Waals surface area (Å²) in [6.07, 6.45) is 4.71. The summed E-state index contributed by atoms with van der Waals surface area (Å²) >= 11 is 8.06. The first-order chi connectivity index (χ1) is 12.6. The first-order valence-electron chi connectivity index (χ1n) is 9.40. The average molecular weight is 386 g/mol. The maximum absolute atomic E-state index is 6.30. The van der Waals surface area contributed by atoms with Gasteiger partial charge in [0.15, 0.2) is 0 Å². The van der Waals surface area contributed by atoms with Crippen molar-refractivity contribution in [3.8, 4) is 11.1 Å². The van der Waals surface area contributed by atoms with E-state index >= 15 is 0 Å². The smallest absolute Gasteiger partial charge is 0.225 e. The third kappa shape index (κ3) is 3.10. The van der Waals surface area contributed by atoms with Crippen LogP contribution in [0.1, 0.15) is 42.2 Å². The molecule has 26 heavy (non-hydrogen) atoms. The third-order valence-electron chi connectivity index (χ3n) is 5.35. The van der Waals surface area contributed by atoms with Gasteiger partial charge in [-0.15, -0.1) is 11.3 Å². The Balaban J connectivity index is 1.99. The fourth-order valence-corrected chi connectivity index (χ4v) is 5.13. The highest BCUT2D eigenvalue weighted by atomic mass is 35.5. The first kappa shape index (κ1) is 17.7. The van der Waals surface area contributed by atoms with Gasteiger partial charge >= 0.3 is 0 Å². The number of benzene rings is 1. The van der Waals surface area contributed by atoms with Crippen LogP contribution in [0.25, 0.3) is 21.3 Å². The summed E-state index contributed by atoms with van der Waals surface area (Å²) in [6.45, 7) is 8.65. The van der Waals surface area contributed by atoms with E-state index in [0.717, 1.165) is 30.2 Å². The number of rotatable bonds is 3. The molecule has 1 aliphatic heterocycles. The maximum atomic E-state index is 6.30. The van der Waals surface area contributed by atoms with E-state index in [2.05, 4.69) is 53.8 Å². The molecule has 5 heteroatoms. The lowest BCUT2D eigenvalue weighted by Gasteiger charge is -2.28. The lowest BCUT2D eigenvalue weighted by Crippen LogP contribution is -2.30. The number of aromatic nitrogens is 2. The maximum Gasteiger partial charge on any atom is 0.225 e. The molecule has 0 radical (unpaired) electrons. The zero-order valence-electron chi connectivity index (χ0n) is 15.6. The van der Waals surface area contributed by atoms with Crippen molar-refractivity contribution in [3.05, 3.63) is 39.5 Å². The Labute approximate surface area is 164 Å². The molecule has 1 saturated heterocycles. The van der Waals surface area contributed by atoms with E-state index in [1.54, 1.807) is 11.3 Å². The van der Waals surface area contributed by atoms with Crippen LogP contribution < -0.4 is 4.90 Å². The van der Waals surface area contributed by atoms with Gasteiger partial charge in [0.05, 0.1) is 5.39 Å². The molecule has 0 aliphatic carbocycles. The summed E-state index contributed by atoms with van der Waals surface area (Å²) in [6, 6.07) is 6.74. The number of hydrogen-bond acceptors (Lipinski definition) is 4. The van der Waals surface area contributed by atoms with E-state index in [0.29, 0.717) is 5.28 Å². The van der Waals surface area contributed by atoms with Gasteiger partial charge in [0, 0.05) is 23.5 Å². The van der Waals surface area contributed by atoms with Gasteiger partial charge in [-0.3, -0.25) is 0 Å². The quantitative estimate of drug-likeness (QED) is 0.504. The fourth-order valence-electron chi connectivity index (χ4n) is 3.79. The van der Waals surface area contributed by atoms with Crippen molar-refractivity contribution in [2.75, 3.05) is 18.0 Å².